The number of carbonyl (C=O) groups excluding carboxylic acids is 2. The number of hydrogen-bond donors (Lipinski definition) is 2. The van der Waals surface area contributed by atoms with Gasteiger partial charge in [-0.2, -0.15) is 0 Å². The van der Waals surface area contributed by atoms with Gasteiger partial charge in [-0.1, -0.05) is 48.4 Å². The van der Waals surface area contributed by atoms with Crippen LogP contribution in [0.5, 0.6) is 5.75 Å². The van der Waals surface area contributed by atoms with Crippen LogP contribution in [0.25, 0.3) is 0 Å². The van der Waals surface area contributed by atoms with Crippen molar-refractivity contribution in [2.75, 3.05) is 32.8 Å². The molecule has 2 N–H and O–H groups in total. The summed E-state index contributed by atoms with van der Waals surface area (Å²) in [5.41, 5.74) is 2.80. The number of fused-ring (bicyclic) bond motifs is 1. The molecule has 0 bridgehead atoms. The molecule has 6 heteroatoms. The van der Waals surface area contributed by atoms with Gasteiger partial charge in [-0.3, -0.25) is 14.5 Å². The molecule has 2 aromatic rings. The van der Waals surface area contributed by atoms with E-state index in [0.29, 0.717) is 31.0 Å². The number of rotatable bonds is 2. The minimum Gasteiger partial charge on any atom is -0.491 e. The molecule has 0 aliphatic carbocycles. The van der Waals surface area contributed by atoms with Gasteiger partial charge in [0.2, 0.25) is 5.91 Å². The van der Waals surface area contributed by atoms with E-state index in [9.17, 15) is 9.59 Å². The van der Waals surface area contributed by atoms with Gasteiger partial charge in [-0.05, 0) is 63.4 Å². The largest absolute Gasteiger partial charge is 0.491 e. The van der Waals surface area contributed by atoms with Gasteiger partial charge in [0.25, 0.3) is 5.91 Å². The van der Waals surface area contributed by atoms with Crippen molar-refractivity contribution in [3.63, 3.8) is 0 Å². The maximum absolute atomic E-state index is 13.3. The van der Waals surface area contributed by atoms with Crippen molar-refractivity contribution < 1.29 is 14.3 Å². The zero-order valence-corrected chi connectivity index (χ0v) is 19.6. The number of likely N-dealkylation sites (tertiary alicyclic amines) is 1. The lowest BCUT2D eigenvalue weighted by Crippen LogP contribution is -2.49. The van der Waals surface area contributed by atoms with Gasteiger partial charge < -0.3 is 15.4 Å². The van der Waals surface area contributed by atoms with Gasteiger partial charge in [0.15, 0.2) is 0 Å². The summed E-state index contributed by atoms with van der Waals surface area (Å²) in [4.78, 5) is 28.3. The standard InChI is InChI=1S/C27H35N3O3/c1-21-8-10-22(11-9-21)20-30-17-13-27(14-18-30)12-4-5-15-28-25(31)23-6-2-3-7-24(23)33-19-16-29-26(27)32/h2-3,6-11H,4-5,12-20H2,1H3,(H,28,31)(H,29,32). The summed E-state index contributed by atoms with van der Waals surface area (Å²) >= 11 is 0. The molecule has 33 heavy (non-hydrogen) atoms. The van der Waals surface area contributed by atoms with E-state index in [1.165, 1.54) is 11.1 Å². The van der Waals surface area contributed by atoms with Gasteiger partial charge in [0, 0.05) is 13.1 Å². The maximum atomic E-state index is 13.3. The first-order valence-electron chi connectivity index (χ1n) is 12.1. The fourth-order valence-electron chi connectivity index (χ4n) is 4.86. The summed E-state index contributed by atoms with van der Waals surface area (Å²) in [5.74, 6) is 0.599. The molecule has 176 valence electrons. The highest BCUT2D eigenvalue weighted by Crippen LogP contribution is 2.37. The van der Waals surface area contributed by atoms with Gasteiger partial charge in [-0.25, -0.2) is 0 Å². The number of carbonyl (C=O) groups is 2. The molecule has 2 aliphatic heterocycles. The van der Waals surface area contributed by atoms with Crippen LogP contribution in [0.15, 0.2) is 48.5 Å². The molecule has 6 nitrogen and oxygen atoms in total. The SMILES string of the molecule is Cc1ccc(CN2CCC3(CCCCNC(=O)c4ccccc4OCCNC3=O)CC2)cc1. The van der Waals surface area contributed by atoms with E-state index in [1.807, 2.05) is 12.1 Å². The number of ether oxygens (including phenoxy) is 1. The maximum Gasteiger partial charge on any atom is 0.255 e. The number of para-hydroxylation sites is 1. The van der Waals surface area contributed by atoms with Crippen molar-refractivity contribution in [3.8, 4) is 5.75 Å². The van der Waals surface area contributed by atoms with Gasteiger partial charge in [-0.15, -0.1) is 0 Å². The number of benzene rings is 2. The molecule has 1 saturated heterocycles. The number of aryl methyl sites for hydroxylation is 1. The Morgan fingerprint density at radius 1 is 0.909 bits per heavy atom. The number of nitrogens with one attached hydrogen (secondary N) is 2. The highest BCUT2D eigenvalue weighted by atomic mass is 16.5. The van der Waals surface area contributed by atoms with Crippen molar-refractivity contribution in [3.05, 3.63) is 65.2 Å². The lowest BCUT2D eigenvalue weighted by molar-refractivity contribution is -0.134. The number of nitrogens with zero attached hydrogens (tertiary/aromatic N) is 1. The van der Waals surface area contributed by atoms with Crippen LogP contribution < -0.4 is 15.4 Å². The first-order chi connectivity index (χ1) is 16.1. The molecule has 2 amide bonds. The first-order valence-corrected chi connectivity index (χ1v) is 12.1. The number of piperidine rings is 1. The lowest BCUT2D eigenvalue weighted by Gasteiger charge is -2.41. The van der Waals surface area contributed by atoms with E-state index >= 15 is 0 Å². The topological polar surface area (TPSA) is 70.7 Å². The van der Waals surface area contributed by atoms with E-state index in [1.54, 1.807) is 12.1 Å². The molecular weight excluding hydrogens is 414 g/mol. The highest BCUT2D eigenvalue weighted by Gasteiger charge is 2.40. The van der Waals surface area contributed by atoms with Crippen LogP contribution in [-0.4, -0.2) is 49.5 Å². The third-order valence-corrected chi connectivity index (χ3v) is 6.97. The zero-order valence-electron chi connectivity index (χ0n) is 19.6. The van der Waals surface area contributed by atoms with E-state index < -0.39 is 0 Å². The summed E-state index contributed by atoms with van der Waals surface area (Å²) < 4.78 is 5.83. The van der Waals surface area contributed by atoms with E-state index in [4.69, 9.17) is 4.74 Å². The summed E-state index contributed by atoms with van der Waals surface area (Å²) in [6.07, 6.45) is 4.35. The molecule has 2 aliphatic rings. The summed E-state index contributed by atoms with van der Waals surface area (Å²) in [6.45, 7) is 6.25. The Kier molecular flexibility index (Phi) is 7.65. The van der Waals surface area contributed by atoms with Crippen molar-refractivity contribution in [1.29, 1.82) is 0 Å². The molecule has 0 atom stereocenters. The number of amides is 2. The second kappa shape index (κ2) is 10.8. The van der Waals surface area contributed by atoms with E-state index in [-0.39, 0.29) is 17.2 Å². The minimum atomic E-state index is -0.337. The molecule has 0 radical (unpaired) electrons. The monoisotopic (exact) mass is 449 g/mol. The first kappa shape index (κ1) is 23.3. The molecule has 1 fully saturated rings. The molecule has 1 spiro atoms. The third kappa shape index (κ3) is 5.93. The summed E-state index contributed by atoms with van der Waals surface area (Å²) in [7, 11) is 0. The fraction of sp³-hybridized carbons (Fsp3) is 0.481. The Labute approximate surface area is 196 Å². The highest BCUT2D eigenvalue weighted by molar-refractivity contribution is 5.96. The Bertz CT molecular complexity index is 949. The van der Waals surface area contributed by atoms with E-state index in [2.05, 4.69) is 46.7 Å². The van der Waals surface area contributed by atoms with Gasteiger partial charge in [0.05, 0.1) is 17.5 Å². The number of hydrogen-bond acceptors (Lipinski definition) is 4. The van der Waals surface area contributed by atoms with Crippen molar-refractivity contribution in [2.45, 2.75) is 45.6 Å². The molecule has 0 unspecified atom stereocenters. The lowest BCUT2D eigenvalue weighted by atomic mass is 9.73. The quantitative estimate of drug-likeness (QED) is 0.734. The average molecular weight is 450 g/mol. The normalized spacial score (nSPS) is 20.2. The van der Waals surface area contributed by atoms with Crippen molar-refractivity contribution in [1.82, 2.24) is 15.5 Å². The predicted octanol–water partition coefficient (Wildman–Crippen LogP) is 3.69. The average Bonchev–Trinajstić information content (AvgIpc) is 2.83. The predicted molar refractivity (Wildman–Crippen MR) is 129 cm³/mol. The third-order valence-electron chi connectivity index (χ3n) is 6.97. The van der Waals surface area contributed by atoms with Crippen LogP contribution in [0, 0.1) is 12.3 Å². The summed E-state index contributed by atoms with van der Waals surface area (Å²) in [5, 5.41) is 6.13. The summed E-state index contributed by atoms with van der Waals surface area (Å²) in [6, 6.07) is 16.0. The molecule has 4 rings (SSSR count). The Hall–Kier alpha value is -2.86. The Morgan fingerprint density at radius 2 is 1.67 bits per heavy atom. The van der Waals surface area contributed by atoms with Crippen LogP contribution in [0.2, 0.25) is 0 Å². The molecule has 0 aromatic heterocycles. The minimum absolute atomic E-state index is 0.106. The fourth-order valence-corrected chi connectivity index (χ4v) is 4.86. The van der Waals surface area contributed by atoms with Gasteiger partial charge in [0.1, 0.15) is 12.4 Å². The second-order valence-electron chi connectivity index (χ2n) is 9.36. The molecule has 0 saturated carbocycles. The van der Waals surface area contributed by atoms with Crippen LogP contribution in [0.3, 0.4) is 0 Å². The van der Waals surface area contributed by atoms with Crippen molar-refractivity contribution in [2.24, 2.45) is 5.41 Å². The Balaban J connectivity index is 1.38. The molecule has 2 heterocycles. The van der Waals surface area contributed by atoms with Crippen LogP contribution in [0.1, 0.15) is 53.6 Å². The smallest absolute Gasteiger partial charge is 0.255 e. The zero-order chi connectivity index (χ0) is 23.1. The van der Waals surface area contributed by atoms with E-state index in [0.717, 1.165) is 51.7 Å². The Morgan fingerprint density at radius 3 is 2.45 bits per heavy atom. The van der Waals surface area contributed by atoms with Crippen LogP contribution in [0.4, 0.5) is 0 Å². The van der Waals surface area contributed by atoms with Crippen LogP contribution >= 0.6 is 0 Å². The van der Waals surface area contributed by atoms with Crippen molar-refractivity contribution >= 4 is 11.8 Å². The van der Waals surface area contributed by atoms with Gasteiger partial charge >= 0.3 is 0 Å². The van der Waals surface area contributed by atoms with Crippen LogP contribution in [-0.2, 0) is 11.3 Å². The molecular formula is C27H35N3O3. The second-order valence-corrected chi connectivity index (χ2v) is 9.36. The molecule has 2 aromatic carbocycles.